The molecule has 138 valence electrons. The summed E-state index contributed by atoms with van der Waals surface area (Å²) in [5, 5.41) is 3.33. The maximum Gasteiger partial charge on any atom is 0.253 e. The number of fused-ring (bicyclic) bond motifs is 2. The Hall–Kier alpha value is -1.44. The molecule has 2 atom stereocenters. The van der Waals surface area contributed by atoms with Gasteiger partial charge in [-0.25, -0.2) is 8.42 Å². The number of hydrogen-bond acceptors (Lipinski definition) is 4. The fourth-order valence-electron chi connectivity index (χ4n) is 3.92. The summed E-state index contributed by atoms with van der Waals surface area (Å²) >= 11 is 0. The summed E-state index contributed by atoms with van der Waals surface area (Å²) in [6.07, 6.45) is 2.70. The zero-order valence-corrected chi connectivity index (χ0v) is 15.8. The molecule has 0 saturated carbocycles. The Bertz CT molecular complexity index is 700. The minimum absolute atomic E-state index is 0.0366. The Balaban J connectivity index is 1.85. The highest BCUT2D eigenvalue weighted by Crippen LogP contribution is 2.33. The molecule has 2 unspecified atom stereocenters. The molecule has 1 N–H and O–H groups in total. The number of amides is 1. The van der Waals surface area contributed by atoms with Crippen LogP contribution in [0.1, 0.15) is 43.5 Å². The Morgan fingerprint density at radius 2 is 1.76 bits per heavy atom. The first-order valence-corrected chi connectivity index (χ1v) is 10.6. The van der Waals surface area contributed by atoms with Crippen molar-refractivity contribution in [2.45, 2.75) is 50.1 Å². The average Bonchev–Trinajstić information content (AvgIpc) is 2.89. The second-order valence-electron chi connectivity index (χ2n) is 6.71. The summed E-state index contributed by atoms with van der Waals surface area (Å²) in [5.74, 6) is -0.0620. The maximum atomic E-state index is 13.1. The third-order valence-electron chi connectivity index (χ3n) is 5.31. The first kappa shape index (κ1) is 18.4. The summed E-state index contributed by atoms with van der Waals surface area (Å²) in [6.45, 7) is 6.73. The molecule has 7 heteroatoms. The van der Waals surface area contributed by atoms with Crippen molar-refractivity contribution >= 4 is 15.9 Å². The van der Waals surface area contributed by atoms with E-state index in [0.717, 1.165) is 25.8 Å². The monoisotopic (exact) mass is 365 g/mol. The van der Waals surface area contributed by atoms with Crippen LogP contribution in [0.15, 0.2) is 29.2 Å². The number of sulfonamides is 1. The second-order valence-corrected chi connectivity index (χ2v) is 8.56. The molecule has 6 nitrogen and oxygen atoms in total. The van der Waals surface area contributed by atoms with E-state index in [1.807, 2.05) is 13.8 Å². The van der Waals surface area contributed by atoms with Gasteiger partial charge in [-0.1, -0.05) is 0 Å². The summed E-state index contributed by atoms with van der Waals surface area (Å²) in [6, 6.07) is 6.53. The van der Waals surface area contributed by atoms with E-state index in [1.165, 1.54) is 0 Å². The quantitative estimate of drug-likeness (QED) is 0.862. The van der Waals surface area contributed by atoms with Gasteiger partial charge in [0.25, 0.3) is 5.91 Å². The van der Waals surface area contributed by atoms with Crippen molar-refractivity contribution in [1.29, 1.82) is 0 Å². The lowest BCUT2D eigenvalue weighted by atomic mass is 10.1. The zero-order chi connectivity index (χ0) is 18.0. The molecule has 0 radical (unpaired) electrons. The van der Waals surface area contributed by atoms with Gasteiger partial charge in [0.15, 0.2) is 0 Å². The molecular formula is C18H27N3O3S. The number of carbonyl (C=O) groups excluding carboxylic acids is 1. The van der Waals surface area contributed by atoms with E-state index in [9.17, 15) is 13.2 Å². The number of nitrogens with one attached hydrogen (secondary N) is 1. The minimum atomic E-state index is -3.53. The van der Waals surface area contributed by atoms with Gasteiger partial charge < -0.3 is 10.2 Å². The lowest BCUT2D eigenvalue weighted by molar-refractivity contribution is 0.0773. The van der Waals surface area contributed by atoms with Crippen LogP contribution in [-0.4, -0.2) is 61.8 Å². The lowest BCUT2D eigenvalue weighted by Gasteiger charge is -2.27. The van der Waals surface area contributed by atoms with Crippen molar-refractivity contribution < 1.29 is 13.2 Å². The summed E-state index contributed by atoms with van der Waals surface area (Å²) in [4.78, 5) is 14.4. The molecule has 0 aliphatic carbocycles. The van der Waals surface area contributed by atoms with Gasteiger partial charge >= 0.3 is 0 Å². The highest BCUT2D eigenvalue weighted by molar-refractivity contribution is 7.89. The van der Waals surface area contributed by atoms with E-state index in [-0.39, 0.29) is 22.9 Å². The second kappa shape index (κ2) is 7.43. The Kier molecular flexibility index (Phi) is 5.46. The van der Waals surface area contributed by atoms with Gasteiger partial charge in [-0.3, -0.25) is 4.79 Å². The molecule has 1 amide bonds. The van der Waals surface area contributed by atoms with Crippen molar-refractivity contribution in [3.63, 3.8) is 0 Å². The number of carbonyl (C=O) groups is 1. The van der Waals surface area contributed by atoms with Crippen molar-refractivity contribution in [2.75, 3.05) is 26.2 Å². The fourth-order valence-corrected chi connectivity index (χ4v) is 5.81. The van der Waals surface area contributed by atoms with Gasteiger partial charge in [-0.05, 0) is 63.9 Å². The number of hydrogen-bond donors (Lipinski definition) is 1. The van der Waals surface area contributed by atoms with Gasteiger partial charge in [-0.2, -0.15) is 4.31 Å². The largest absolute Gasteiger partial charge is 0.339 e. The Labute approximate surface area is 150 Å². The van der Waals surface area contributed by atoms with E-state index in [1.54, 1.807) is 33.5 Å². The maximum absolute atomic E-state index is 13.1. The summed E-state index contributed by atoms with van der Waals surface area (Å²) in [5.41, 5.74) is 0.531. The molecular weight excluding hydrogens is 338 g/mol. The molecule has 2 aliphatic heterocycles. The van der Waals surface area contributed by atoms with Crippen molar-refractivity contribution in [2.24, 2.45) is 0 Å². The van der Waals surface area contributed by atoms with Gasteiger partial charge in [0, 0.05) is 37.3 Å². The van der Waals surface area contributed by atoms with E-state index in [2.05, 4.69) is 5.32 Å². The van der Waals surface area contributed by atoms with Gasteiger partial charge in [0.2, 0.25) is 10.0 Å². The van der Waals surface area contributed by atoms with Crippen LogP contribution in [0.5, 0.6) is 0 Å². The first-order chi connectivity index (χ1) is 12.0. The van der Waals surface area contributed by atoms with Crippen molar-refractivity contribution in [3.05, 3.63) is 29.8 Å². The summed E-state index contributed by atoms with van der Waals surface area (Å²) < 4.78 is 28.0. The van der Waals surface area contributed by atoms with E-state index in [0.29, 0.717) is 25.2 Å². The van der Waals surface area contributed by atoms with Crippen LogP contribution in [0.4, 0.5) is 0 Å². The van der Waals surface area contributed by atoms with Crippen LogP contribution < -0.4 is 5.32 Å². The fraction of sp³-hybridized carbons (Fsp3) is 0.611. The highest BCUT2D eigenvalue weighted by Gasteiger charge is 2.42. The Morgan fingerprint density at radius 1 is 1.12 bits per heavy atom. The highest BCUT2D eigenvalue weighted by atomic mass is 32.2. The molecule has 2 aliphatic rings. The van der Waals surface area contributed by atoms with Crippen LogP contribution in [0, 0.1) is 0 Å². The predicted octanol–water partition coefficient (Wildman–Crippen LogP) is 1.68. The van der Waals surface area contributed by atoms with E-state index < -0.39 is 10.0 Å². The lowest BCUT2D eigenvalue weighted by Crippen LogP contribution is -2.42. The van der Waals surface area contributed by atoms with Gasteiger partial charge in [-0.15, -0.1) is 0 Å². The third-order valence-corrected chi connectivity index (χ3v) is 7.33. The van der Waals surface area contributed by atoms with Gasteiger partial charge in [0.1, 0.15) is 0 Å². The van der Waals surface area contributed by atoms with Crippen LogP contribution >= 0.6 is 0 Å². The zero-order valence-electron chi connectivity index (χ0n) is 14.9. The molecule has 25 heavy (non-hydrogen) atoms. The summed E-state index contributed by atoms with van der Waals surface area (Å²) in [7, 11) is -3.53. The smallest absolute Gasteiger partial charge is 0.253 e. The van der Waals surface area contributed by atoms with Gasteiger partial charge in [0.05, 0.1) is 4.90 Å². The predicted molar refractivity (Wildman–Crippen MR) is 97.0 cm³/mol. The molecule has 0 spiro atoms. The number of nitrogens with zero attached hydrogens (tertiary/aromatic N) is 2. The van der Waals surface area contributed by atoms with E-state index >= 15 is 0 Å². The molecule has 2 heterocycles. The van der Waals surface area contributed by atoms with Crippen molar-refractivity contribution in [3.8, 4) is 0 Å². The molecule has 0 aromatic heterocycles. The topological polar surface area (TPSA) is 69.7 Å². The standard InChI is InChI=1S/C18H27N3O3S/c1-3-20(4-2)18(22)14-5-9-17(10-6-14)25(23,24)21-15-7-8-16(21)13-19-12-11-15/h5-6,9-10,15-16,19H,3-4,7-8,11-13H2,1-2H3. The minimum Gasteiger partial charge on any atom is -0.339 e. The molecule has 1 aromatic rings. The number of rotatable bonds is 5. The van der Waals surface area contributed by atoms with Crippen LogP contribution in [0.25, 0.3) is 0 Å². The Morgan fingerprint density at radius 3 is 2.40 bits per heavy atom. The first-order valence-electron chi connectivity index (χ1n) is 9.12. The molecule has 2 bridgehead atoms. The van der Waals surface area contributed by atoms with Crippen LogP contribution in [-0.2, 0) is 10.0 Å². The van der Waals surface area contributed by atoms with Crippen LogP contribution in [0.3, 0.4) is 0 Å². The molecule has 1 aromatic carbocycles. The number of benzene rings is 1. The third kappa shape index (κ3) is 3.45. The normalized spacial score (nSPS) is 24.1. The van der Waals surface area contributed by atoms with E-state index in [4.69, 9.17) is 0 Å². The SMILES string of the molecule is CCN(CC)C(=O)c1ccc(S(=O)(=O)N2C3CCNCC2CC3)cc1. The molecule has 3 rings (SSSR count). The molecule has 2 saturated heterocycles. The molecule has 2 fully saturated rings. The average molecular weight is 365 g/mol. The van der Waals surface area contributed by atoms with Crippen LogP contribution in [0.2, 0.25) is 0 Å². The van der Waals surface area contributed by atoms with Crippen molar-refractivity contribution in [1.82, 2.24) is 14.5 Å².